The fraction of sp³-hybridized carbons (Fsp3) is 0.250. The molecule has 0 bridgehead atoms. The van der Waals surface area contributed by atoms with Crippen molar-refractivity contribution in [2.75, 3.05) is 0 Å². The van der Waals surface area contributed by atoms with E-state index in [0.717, 1.165) is 11.9 Å². The monoisotopic (exact) mass is 186 g/mol. The minimum atomic E-state index is 0.195. The molecule has 0 aliphatic rings. The van der Waals surface area contributed by atoms with Gasteiger partial charge in [0.1, 0.15) is 0 Å². The Morgan fingerprint density at radius 2 is 2.07 bits per heavy atom. The van der Waals surface area contributed by atoms with Crippen LogP contribution in [-0.4, -0.2) is 11.0 Å². The van der Waals surface area contributed by atoms with E-state index in [1.54, 1.807) is 0 Å². The number of benzene rings is 1. The summed E-state index contributed by atoms with van der Waals surface area (Å²) in [6.07, 6.45) is 2.75. The van der Waals surface area contributed by atoms with E-state index in [9.17, 15) is 0 Å². The summed E-state index contributed by atoms with van der Waals surface area (Å²) in [5.74, 6) is 0. The van der Waals surface area contributed by atoms with Gasteiger partial charge in [0.05, 0.1) is 5.52 Å². The van der Waals surface area contributed by atoms with Crippen LogP contribution >= 0.6 is 0 Å². The molecule has 2 N–H and O–H groups in total. The maximum atomic E-state index is 5.80. The molecule has 2 nitrogen and oxygen atoms in total. The van der Waals surface area contributed by atoms with Gasteiger partial charge in [-0.1, -0.05) is 18.2 Å². The number of nitrogens with zero attached hydrogens (tertiary/aromatic N) is 1. The smallest absolute Gasteiger partial charge is 0.0704 e. The second-order valence-corrected chi connectivity index (χ2v) is 3.67. The van der Waals surface area contributed by atoms with E-state index < -0.39 is 0 Å². The van der Waals surface area contributed by atoms with E-state index >= 15 is 0 Å². The van der Waals surface area contributed by atoms with Gasteiger partial charge in [0.2, 0.25) is 0 Å². The fourth-order valence-corrected chi connectivity index (χ4v) is 1.68. The van der Waals surface area contributed by atoms with Gasteiger partial charge in [0.25, 0.3) is 0 Å². The molecule has 1 unspecified atom stereocenters. The molecule has 0 saturated carbocycles. The Bertz CT molecular complexity index is 430. The highest BCUT2D eigenvalue weighted by Gasteiger charge is 2.02. The number of rotatable bonds is 2. The lowest BCUT2D eigenvalue weighted by Crippen LogP contribution is -2.17. The quantitative estimate of drug-likeness (QED) is 0.780. The summed E-state index contributed by atoms with van der Waals surface area (Å²) in [5, 5.41) is 1.22. The van der Waals surface area contributed by atoms with Crippen molar-refractivity contribution in [1.82, 2.24) is 4.98 Å². The van der Waals surface area contributed by atoms with Crippen molar-refractivity contribution in [3.63, 3.8) is 0 Å². The van der Waals surface area contributed by atoms with Gasteiger partial charge in [0, 0.05) is 17.6 Å². The van der Waals surface area contributed by atoms with Gasteiger partial charge >= 0.3 is 0 Å². The summed E-state index contributed by atoms with van der Waals surface area (Å²) in [7, 11) is 0. The maximum Gasteiger partial charge on any atom is 0.0704 e. The standard InChI is InChI=1S/C12H14N2/c1-9(13)8-10-6-7-14-12-5-3-2-4-11(10)12/h2-7,9H,8,13H2,1H3. The van der Waals surface area contributed by atoms with Crippen LogP contribution in [0.4, 0.5) is 0 Å². The van der Waals surface area contributed by atoms with Gasteiger partial charge in [-0.05, 0) is 31.0 Å². The third kappa shape index (κ3) is 1.75. The van der Waals surface area contributed by atoms with E-state index in [0.29, 0.717) is 0 Å². The summed E-state index contributed by atoms with van der Waals surface area (Å²) in [6, 6.07) is 10.4. The van der Waals surface area contributed by atoms with E-state index in [1.807, 2.05) is 37.4 Å². The molecular weight excluding hydrogens is 172 g/mol. The number of hydrogen-bond donors (Lipinski definition) is 1. The molecule has 0 aliphatic carbocycles. The third-order valence-corrected chi connectivity index (χ3v) is 2.28. The van der Waals surface area contributed by atoms with Crippen molar-refractivity contribution in [3.05, 3.63) is 42.1 Å². The second kappa shape index (κ2) is 3.76. The Balaban J connectivity index is 2.53. The van der Waals surface area contributed by atoms with Crippen LogP contribution in [0.3, 0.4) is 0 Å². The Morgan fingerprint density at radius 1 is 1.29 bits per heavy atom. The van der Waals surface area contributed by atoms with Crippen LogP contribution in [0.25, 0.3) is 10.9 Å². The lowest BCUT2D eigenvalue weighted by Gasteiger charge is -2.07. The number of nitrogens with two attached hydrogens (primary N) is 1. The molecule has 0 fully saturated rings. The molecular formula is C12H14N2. The van der Waals surface area contributed by atoms with Crippen molar-refractivity contribution in [3.8, 4) is 0 Å². The highest BCUT2D eigenvalue weighted by atomic mass is 14.6. The van der Waals surface area contributed by atoms with Crippen LogP contribution in [0.5, 0.6) is 0 Å². The molecule has 1 heterocycles. The summed E-state index contributed by atoms with van der Waals surface area (Å²) in [5.41, 5.74) is 8.12. The normalized spacial score (nSPS) is 13.0. The largest absolute Gasteiger partial charge is 0.328 e. The molecule has 0 spiro atoms. The fourth-order valence-electron chi connectivity index (χ4n) is 1.68. The van der Waals surface area contributed by atoms with E-state index in [1.165, 1.54) is 10.9 Å². The molecule has 72 valence electrons. The Hall–Kier alpha value is -1.41. The molecule has 1 aromatic heterocycles. The zero-order chi connectivity index (χ0) is 9.97. The summed E-state index contributed by atoms with van der Waals surface area (Å²) in [6.45, 7) is 2.02. The predicted molar refractivity (Wildman–Crippen MR) is 59.1 cm³/mol. The molecule has 14 heavy (non-hydrogen) atoms. The van der Waals surface area contributed by atoms with Gasteiger partial charge in [0.15, 0.2) is 0 Å². The Kier molecular flexibility index (Phi) is 2.46. The zero-order valence-corrected chi connectivity index (χ0v) is 8.27. The minimum Gasteiger partial charge on any atom is -0.328 e. The number of para-hydroxylation sites is 1. The number of aromatic nitrogens is 1. The summed E-state index contributed by atoms with van der Waals surface area (Å²) >= 11 is 0. The van der Waals surface area contributed by atoms with Crippen molar-refractivity contribution in [1.29, 1.82) is 0 Å². The Morgan fingerprint density at radius 3 is 2.86 bits per heavy atom. The third-order valence-electron chi connectivity index (χ3n) is 2.28. The van der Waals surface area contributed by atoms with Crippen LogP contribution in [0, 0.1) is 0 Å². The molecule has 0 saturated heterocycles. The molecule has 1 atom stereocenters. The second-order valence-electron chi connectivity index (χ2n) is 3.67. The summed E-state index contributed by atoms with van der Waals surface area (Å²) in [4.78, 5) is 4.31. The number of fused-ring (bicyclic) bond motifs is 1. The highest BCUT2D eigenvalue weighted by Crippen LogP contribution is 2.16. The molecule has 2 heteroatoms. The summed E-state index contributed by atoms with van der Waals surface area (Å²) < 4.78 is 0. The maximum absolute atomic E-state index is 5.80. The Labute approximate surface area is 83.8 Å². The average molecular weight is 186 g/mol. The van der Waals surface area contributed by atoms with Crippen LogP contribution in [0.15, 0.2) is 36.5 Å². The first-order valence-electron chi connectivity index (χ1n) is 4.85. The molecule has 2 aromatic rings. The van der Waals surface area contributed by atoms with Gasteiger partial charge in [-0.3, -0.25) is 4.98 Å². The van der Waals surface area contributed by atoms with Crippen molar-refractivity contribution in [2.45, 2.75) is 19.4 Å². The molecule has 0 radical (unpaired) electrons. The van der Waals surface area contributed by atoms with Gasteiger partial charge in [-0.2, -0.15) is 0 Å². The number of pyridine rings is 1. The van der Waals surface area contributed by atoms with Crippen LogP contribution in [-0.2, 0) is 6.42 Å². The van der Waals surface area contributed by atoms with Crippen LogP contribution < -0.4 is 5.73 Å². The lowest BCUT2D eigenvalue weighted by molar-refractivity contribution is 0.741. The topological polar surface area (TPSA) is 38.9 Å². The van der Waals surface area contributed by atoms with Crippen LogP contribution in [0.2, 0.25) is 0 Å². The zero-order valence-electron chi connectivity index (χ0n) is 8.27. The van der Waals surface area contributed by atoms with Gasteiger partial charge in [-0.15, -0.1) is 0 Å². The van der Waals surface area contributed by atoms with Crippen molar-refractivity contribution >= 4 is 10.9 Å². The SMILES string of the molecule is CC(N)Cc1ccnc2ccccc12. The molecule has 0 amide bonds. The van der Waals surface area contributed by atoms with Crippen molar-refractivity contribution < 1.29 is 0 Å². The van der Waals surface area contributed by atoms with Gasteiger partial charge < -0.3 is 5.73 Å². The first-order chi connectivity index (χ1) is 6.77. The van der Waals surface area contributed by atoms with Gasteiger partial charge in [-0.25, -0.2) is 0 Å². The highest BCUT2D eigenvalue weighted by molar-refractivity contribution is 5.81. The minimum absolute atomic E-state index is 0.195. The average Bonchev–Trinajstić information content (AvgIpc) is 2.18. The first-order valence-corrected chi connectivity index (χ1v) is 4.85. The number of hydrogen-bond acceptors (Lipinski definition) is 2. The van der Waals surface area contributed by atoms with E-state index in [4.69, 9.17) is 5.73 Å². The first kappa shape index (κ1) is 9.16. The predicted octanol–water partition coefficient (Wildman–Crippen LogP) is 2.12. The van der Waals surface area contributed by atoms with E-state index in [-0.39, 0.29) is 6.04 Å². The lowest BCUT2D eigenvalue weighted by atomic mass is 10.0. The van der Waals surface area contributed by atoms with E-state index in [2.05, 4.69) is 11.1 Å². The van der Waals surface area contributed by atoms with Crippen molar-refractivity contribution in [2.24, 2.45) is 5.73 Å². The van der Waals surface area contributed by atoms with Crippen LogP contribution in [0.1, 0.15) is 12.5 Å². The molecule has 0 aliphatic heterocycles. The molecule has 2 rings (SSSR count). The molecule has 1 aromatic carbocycles.